The van der Waals surface area contributed by atoms with Crippen molar-refractivity contribution in [3.63, 3.8) is 0 Å². The predicted octanol–water partition coefficient (Wildman–Crippen LogP) is 3.35. The van der Waals surface area contributed by atoms with Crippen molar-refractivity contribution in [2.75, 3.05) is 18.8 Å². The number of thioether (sulfide) groups is 1. The third-order valence-corrected chi connectivity index (χ3v) is 4.11. The molecule has 0 N–H and O–H groups in total. The maximum atomic E-state index is 4.52. The molecule has 0 aromatic carbocycles. The van der Waals surface area contributed by atoms with Crippen molar-refractivity contribution in [3.05, 3.63) is 23.9 Å². The van der Waals surface area contributed by atoms with Crippen LogP contribution in [0.3, 0.4) is 0 Å². The quantitative estimate of drug-likeness (QED) is 0.746. The van der Waals surface area contributed by atoms with E-state index in [1.54, 1.807) is 0 Å². The number of likely N-dealkylation sites (tertiary alicyclic amines) is 1. The number of hydrogen-bond donors (Lipinski definition) is 0. The van der Waals surface area contributed by atoms with E-state index in [1.807, 2.05) is 18.0 Å². The summed E-state index contributed by atoms with van der Waals surface area (Å²) in [6, 6.07) is 4.93. The molecule has 1 aromatic heterocycles. The van der Waals surface area contributed by atoms with E-state index in [0.717, 1.165) is 12.3 Å². The predicted molar refractivity (Wildman–Crippen MR) is 69.9 cm³/mol. The Labute approximate surface area is 102 Å². The lowest BCUT2D eigenvalue weighted by Crippen LogP contribution is -2.23. The van der Waals surface area contributed by atoms with Gasteiger partial charge in [-0.2, -0.15) is 0 Å². The van der Waals surface area contributed by atoms with Crippen LogP contribution in [-0.4, -0.2) is 28.7 Å². The number of pyridine rings is 1. The van der Waals surface area contributed by atoms with Crippen LogP contribution in [0.25, 0.3) is 0 Å². The zero-order chi connectivity index (χ0) is 11.4. The fourth-order valence-electron chi connectivity index (χ4n) is 2.47. The van der Waals surface area contributed by atoms with Gasteiger partial charge < -0.3 is 0 Å². The Bertz CT molecular complexity index is 340. The Hall–Kier alpha value is -0.540. The molecule has 2 nitrogen and oxygen atoms in total. The van der Waals surface area contributed by atoms with Crippen LogP contribution >= 0.6 is 11.8 Å². The summed E-state index contributed by atoms with van der Waals surface area (Å²) in [6.07, 6.45) is 4.52. The summed E-state index contributed by atoms with van der Waals surface area (Å²) in [6.45, 7) is 6.83. The number of aromatic nitrogens is 1. The summed E-state index contributed by atoms with van der Waals surface area (Å²) in [5, 5.41) is 1.23. The smallest absolute Gasteiger partial charge is 0.101 e. The molecule has 88 valence electrons. The van der Waals surface area contributed by atoms with Gasteiger partial charge in [0.25, 0.3) is 0 Å². The molecule has 1 aliphatic rings. The van der Waals surface area contributed by atoms with Crippen molar-refractivity contribution in [1.82, 2.24) is 9.88 Å². The van der Waals surface area contributed by atoms with Crippen molar-refractivity contribution in [2.24, 2.45) is 0 Å². The maximum absolute atomic E-state index is 4.52. The van der Waals surface area contributed by atoms with Crippen molar-refractivity contribution >= 4 is 11.8 Å². The first-order chi connectivity index (χ1) is 7.86. The molecule has 16 heavy (non-hydrogen) atoms. The van der Waals surface area contributed by atoms with Crippen molar-refractivity contribution in [1.29, 1.82) is 0 Å². The SMILES string of the molecule is CCSc1ncccc1[C@@H]1CCCN1CC. The Morgan fingerprint density at radius 1 is 1.50 bits per heavy atom. The summed E-state index contributed by atoms with van der Waals surface area (Å²) >= 11 is 1.86. The minimum absolute atomic E-state index is 0.604. The van der Waals surface area contributed by atoms with Crippen LogP contribution in [0.5, 0.6) is 0 Å². The molecule has 2 heterocycles. The van der Waals surface area contributed by atoms with E-state index >= 15 is 0 Å². The molecule has 1 aliphatic heterocycles. The number of hydrogen-bond acceptors (Lipinski definition) is 3. The number of rotatable bonds is 4. The fourth-order valence-corrected chi connectivity index (χ4v) is 3.25. The summed E-state index contributed by atoms with van der Waals surface area (Å²) in [4.78, 5) is 7.08. The van der Waals surface area contributed by atoms with Crippen molar-refractivity contribution < 1.29 is 0 Å². The van der Waals surface area contributed by atoms with Gasteiger partial charge in [-0.3, -0.25) is 4.90 Å². The maximum Gasteiger partial charge on any atom is 0.101 e. The largest absolute Gasteiger partial charge is 0.297 e. The van der Waals surface area contributed by atoms with E-state index in [-0.39, 0.29) is 0 Å². The second-order valence-corrected chi connectivity index (χ2v) is 5.37. The molecule has 0 unspecified atom stereocenters. The molecule has 0 bridgehead atoms. The second-order valence-electron chi connectivity index (χ2n) is 4.12. The molecule has 0 amide bonds. The van der Waals surface area contributed by atoms with Gasteiger partial charge >= 0.3 is 0 Å². The van der Waals surface area contributed by atoms with Crippen LogP contribution in [0.15, 0.2) is 23.4 Å². The Morgan fingerprint density at radius 3 is 3.12 bits per heavy atom. The first-order valence-electron chi connectivity index (χ1n) is 6.18. The van der Waals surface area contributed by atoms with E-state index in [1.165, 1.54) is 30.0 Å². The average molecular weight is 236 g/mol. The summed E-state index contributed by atoms with van der Waals surface area (Å²) < 4.78 is 0. The van der Waals surface area contributed by atoms with Crippen molar-refractivity contribution in [2.45, 2.75) is 37.8 Å². The second kappa shape index (κ2) is 5.69. The molecule has 1 atom stereocenters. The van der Waals surface area contributed by atoms with E-state index in [0.29, 0.717) is 6.04 Å². The van der Waals surface area contributed by atoms with Gasteiger partial charge in [0.15, 0.2) is 0 Å². The van der Waals surface area contributed by atoms with Gasteiger partial charge in [-0.25, -0.2) is 4.98 Å². The fraction of sp³-hybridized carbons (Fsp3) is 0.615. The van der Waals surface area contributed by atoms with E-state index in [4.69, 9.17) is 0 Å². The molecular weight excluding hydrogens is 216 g/mol. The van der Waals surface area contributed by atoms with E-state index in [2.05, 4.69) is 35.9 Å². The third-order valence-electron chi connectivity index (χ3n) is 3.21. The molecule has 0 radical (unpaired) electrons. The van der Waals surface area contributed by atoms with E-state index < -0.39 is 0 Å². The van der Waals surface area contributed by atoms with Crippen LogP contribution in [0, 0.1) is 0 Å². The molecule has 1 aromatic rings. The molecule has 1 fully saturated rings. The third kappa shape index (κ3) is 2.41. The summed E-state index contributed by atoms with van der Waals surface area (Å²) in [5.41, 5.74) is 1.44. The molecular formula is C13H20N2S. The molecule has 3 heteroatoms. The van der Waals surface area contributed by atoms with Gasteiger partial charge in [-0.05, 0) is 37.8 Å². The van der Waals surface area contributed by atoms with Gasteiger partial charge in [0.2, 0.25) is 0 Å². The first kappa shape index (κ1) is 11.9. The number of nitrogens with zero attached hydrogens (tertiary/aromatic N) is 2. The van der Waals surface area contributed by atoms with Crippen molar-refractivity contribution in [3.8, 4) is 0 Å². The highest BCUT2D eigenvalue weighted by Gasteiger charge is 2.26. The minimum atomic E-state index is 0.604. The van der Waals surface area contributed by atoms with Crippen LogP contribution in [0.1, 0.15) is 38.3 Å². The van der Waals surface area contributed by atoms with Crippen LogP contribution in [0.2, 0.25) is 0 Å². The normalized spacial score (nSPS) is 21.5. The summed E-state index contributed by atoms with van der Waals surface area (Å²) in [5.74, 6) is 1.10. The van der Waals surface area contributed by atoms with Gasteiger partial charge in [-0.1, -0.05) is 19.9 Å². The van der Waals surface area contributed by atoms with Gasteiger partial charge in [-0.15, -0.1) is 11.8 Å². The van der Waals surface area contributed by atoms with Crippen LogP contribution < -0.4 is 0 Å². The highest BCUT2D eigenvalue weighted by Crippen LogP contribution is 2.35. The van der Waals surface area contributed by atoms with Gasteiger partial charge in [0.1, 0.15) is 5.03 Å². The standard InChI is InChI=1S/C13H20N2S/c1-3-15-10-6-8-12(15)11-7-5-9-14-13(11)16-4-2/h5,7,9,12H,3-4,6,8,10H2,1-2H3/t12-/m0/s1. The molecule has 0 aliphatic carbocycles. The molecule has 2 rings (SSSR count). The lowest BCUT2D eigenvalue weighted by atomic mass is 10.1. The van der Waals surface area contributed by atoms with Crippen LogP contribution in [-0.2, 0) is 0 Å². The van der Waals surface area contributed by atoms with Gasteiger partial charge in [0, 0.05) is 17.8 Å². The zero-order valence-corrected chi connectivity index (χ0v) is 11.0. The van der Waals surface area contributed by atoms with Gasteiger partial charge in [0.05, 0.1) is 0 Å². The lowest BCUT2D eigenvalue weighted by Gasteiger charge is -2.24. The topological polar surface area (TPSA) is 16.1 Å². The van der Waals surface area contributed by atoms with Crippen LogP contribution in [0.4, 0.5) is 0 Å². The minimum Gasteiger partial charge on any atom is -0.297 e. The molecule has 1 saturated heterocycles. The lowest BCUT2D eigenvalue weighted by molar-refractivity contribution is 0.268. The Balaban J connectivity index is 2.24. The Morgan fingerprint density at radius 2 is 2.38 bits per heavy atom. The summed E-state index contributed by atoms with van der Waals surface area (Å²) in [7, 11) is 0. The highest BCUT2D eigenvalue weighted by atomic mass is 32.2. The molecule has 0 saturated carbocycles. The molecule has 0 spiro atoms. The average Bonchev–Trinajstić information content (AvgIpc) is 2.78. The monoisotopic (exact) mass is 236 g/mol. The Kier molecular flexibility index (Phi) is 4.24. The highest BCUT2D eigenvalue weighted by molar-refractivity contribution is 7.99. The first-order valence-corrected chi connectivity index (χ1v) is 7.17. The van der Waals surface area contributed by atoms with E-state index in [9.17, 15) is 0 Å². The zero-order valence-electron chi connectivity index (χ0n) is 10.1.